The predicted molar refractivity (Wildman–Crippen MR) is 67.1 cm³/mol. The van der Waals surface area contributed by atoms with Crippen molar-refractivity contribution in [3.63, 3.8) is 0 Å². The zero-order valence-corrected chi connectivity index (χ0v) is 11.2. The highest BCUT2D eigenvalue weighted by atomic mass is 16.6. The van der Waals surface area contributed by atoms with E-state index in [2.05, 4.69) is 0 Å². The van der Waals surface area contributed by atoms with Crippen molar-refractivity contribution < 1.29 is 14.3 Å². The first-order valence-electron chi connectivity index (χ1n) is 6.41. The van der Waals surface area contributed by atoms with Crippen molar-refractivity contribution in [2.45, 2.75) is 38.3 Å². The molecule has 2 rings (SSSR count). The monoisotopic (exact) mass is 252 g/mol. The Morgan fingerprint density at radius 3 is 2.83 bits per heavy atom. The number of rotatable bonds is 2. The predicted octanol–water partition coefficient (Wildman–Crippen LogP) is 1.39. The molecule has 2 atom stereocenters. The smallest absolute Gasteiger partial charge is 0.410 e. The second kappa shape index (κ2) is 5.00. The molecule has 2 fully saturated rings. The summed E-state index contributed by atoms with van der Waals surface area (Å²) < 4.78 is 5.09. The van der Waals surface area contributed by atoms with E-state index in [0.717, 1.165) is 18.4 Å². The van der Waals surface area contributed by atoms with Gasteiger partial charge in [-0.3, -0.25) is 9.69 Å². The maximum atomic E-state index is 12.0. The van der Waals surface area contributed by atoms with E-state index in [1.54, 1.807) is 11.8 Å². The van der Waals surface area contributed by atoms with Crippen LogP contribution in [0, 0.1) is 0 Å². The van der Waals surface area contributed by atoms with Crippen LogP contribution in [0.25, 0.3) is 0 Å². The molecule has 0 radical (unpaired) electrons. The first-order chi connectivity index (χ1) is 8.54. The van der Waals surface area contributed by atoms with Crippen molar-refractivity contribution in [1.29, 1.82) is 0 Å². The third-order valence-corrected chi connectivity index (χ3v) is 3.48. The number of ether oxygens (including phenoxy) is 1. The van der Waals surface area contributed by atoms with Gasteiger partial charge in [0.2, 0.25) is 0 Å². The van der Waals surface area contributed by atoms with Gasteiger partial charge in [-0.05, 0) is 19.8 Å². The third-order valence-electron chi connectivity index (χ3n) is 3.48. The fraction of sp³-hybridized carbons (Fsp3) is 0.692. The van der Waals surface area contributed by atoms with E-state index in [0.29, 0.717) is 13.0 Å². The molecule has 5 nitrogen and oxygen atoms in total. The molecular formula is C13H20N2O3. The number of Topliss-reactive ketones (excluding diaryl/α,β-unsaturated/α-hetero) is 1. The Hall–Kier alpha value is -1.52. The van der Waals surface area contributed by atoms with Crippen molar-refractivity contribution in [2.75, 3.05) is 20.7 Å². The fourth-order valence-electron chi connectivity index (χ4n) is 2.82. The number of ketones is 1. The molecule has 0 saturated carbocycles. The Kier molecular flexibility index (Phi) is 3.59. The number of fused-ring (bicyclic) bond motifs is 2. The summed E-state index contributed by atoms with van der Waals surface area (Å²) in [6.07, 6.45) is 3.71. The number of amides is 1. The van der Waals surface area contributed by atoms with Gasteiger partial charge >= 0.3 is 6.09 Å². The van der Waals surface area contributed by atoms with Crippen LogP contribution in [0.1, 0.15) is 26.2 Å². The summed E-state index contributed by atoms with van der Waals surface area (Å²) in [4.78, 5) is 27.6. The van der Waals surface area contributed by atoms with E-state index >= 15 is 0 Å². The topological polar surface area (TPSA) is 49.9 Å². The molecule has 0 N–H and O–H groups in total. The molecule has 2 bridgehead atoms. The van der Waals surface area contributed by atoms with Crippen LogP contribution in [0.5, 0.6) is 0 Å². The minimum Gasteiger partial charge on any atom is -0.450 e. The summed E-state index contributed by atoms with van der Waals surface area (Å²) in [5.41, 5.74) is 0.738. The molecule has 0 aliphatic carbocycles. The Morgan fingerprint density at radius 1 is 1.50 bits per heavy atom. The average Bonchev–Trinajstić information content (AvgIpc) is 2.62. The number of nitrogens with zero attached hydrogens (tertiary/aromatic N) is 2. The fourth-order valence-corrected chi connectivity index (χ4v) is 2.82. The molecule has 2 unspecified atom stereocenters. The Bertz CT molecular complexity index is 390. The van der Waals surface area contributed by atoms with Crippen molar-refractivity contribution in [3.8, 4) is 0 Å². The largest absolute Gasteiger partial charge is 0.450 e. The third kappa shape index (κ3) is 2.21. The molecular weight excluding hydrogens is 232 g/mol. The molecule has 18 heavy (non-hydrogen) atoms. The van der Waals surface area contributed by atoms with Gasteiger partial charge in [0, 0.05) is 38.3 Å². The minimum absolute atomic E-state index is 0.0286. The van der Waals surface area contributed by atoms with Crippen LogP contribution in [0.3, 0.4) is 0 Å². The van der Waals surface area contributed by atoms with Crippen LogP contribution in [0.2, 0.25) is 0 Å². The molecule has 5 heteroatoms. The van der Waals surface area contributed by atoms with E-state index in [1.165, 1.54) is 0 Å². The lowest BCUT2D eigenvalue weighted by molar-refractivity contribution is -0.118. The van der Waals surface area contributed by atoms with Gasteiger partial charge in [-0.15, -0.1) is 0 Å². The van der Waals surface area contributed by atoms with Crippen molar-refractivity contribution in [3.05, 3.63) is 11.8 Å². The molecule has 1 amide bonds. The summed E-state index contributed by atoms with van der Waals surface area (Å²) in [6, 6.07) is -0.0708. The molecule has 0 aromatic heterocycles. The van der Waals surface area contributed by atoms with Crippen molar-refractivity contribution in [2.24, 2.45) is 0 Å². The highest BCUT2D eigenvalue weighted by molar-refractivity contribution is 5.99. The van der Waals surface area contributed by atoms with Gasteiger partial charge in [0.25, 0.3) is 0 Å². The quantitative estimate of drug-likeness (QED) is 0.697. The number of carbonyl (C=O) groups is 2. The molecule has 0 aromatic carbocycles. The highest BCUT2D eigenvalue weighted by Gasteiger charge is 2.46. The minimum atomic E-state index is -0.290. The standard InChI is InChI=1S/C13H20N2O3/c1-4-18-13(17)15-9-5-6-11(15)10(8-14(2)3)12(16)7-9/h8-9,11H,4-7H2,1-3H3/b10-8+. The van der Waals surface area contributed by atoms with E-state index in [-0.39, 0.29) is 24.0 Å². The average molecular weight is 252 g/mol. The summed E-state index contributed by atoms with van der Waals surface area (Å²) in [7, 11) is 3.77. The number of piperidine rings is 1. The van der Waals surface area contributed by atoms with E-state index in [1.807, 2.05) is 25.2 Å². The van der Waals surface area contributed by atoms with Crippen LogP contribution in [-0.2, 0) is 9.53 Å². The zero-order valence-electron chi connectivity index (χ0n) is 11.2. The summed E-state index contributed by atoms with van der Waals surface area (Å²) >= 11 is 0. The van der Waals surface area contributed by atoms with Gasteiger partial charge in [0.15, 0.2) is 5.78 Å². The Labute approximate surface area is 107 Å². The van der Waals surface area contributed by atoms with Crippen LogP contribution < -0.4 is 0 Å². The zero-order chi connectivity index (χ0) is 13.3. The summed E-state index contributed by atoms with van der Waals surface area (Å²) in [6.45, 7) is 2.17. The molecule has 2 aliphatic rings. The molecule has 2 saturated heterocycles. The first-order valence-corrected chi connectivity index (χ1v) is 6.41. The molecule has 2 aliphatic heterocycles. The van der Waals surface area contributed by atoms with Gasteiger partial charge in [0.1, 0.15) is 0 Å². The van der Waals surface area contributed by atoms with Gasteiger partial charge in [0.05, 0.1) is 12.6 Å². The molecule has 0 aromatic rings. The molecule has 0 spiro atoms. The van der Waals surface area contributed by atoms with Gasteiger partial charge in [-0.2, -0.15) is 0 Å². The second-order valence-electron chi connectivity index (χ2n) is 5.03. The lowest BCUT2D eigenvalue weighted by Crippen LogP contribution is -2.48. The summed E-state index contributed by atoms with van der Waals surface area (Å²) in [5.74, 6) is 0.164. The normalized spacial score (nSPS) is 28.7. The van der Waals surface area contributed by atoms with E-state index in [9.17, 15) is 9.59 Å². The molecule has 100 valence electrons. The number of hydrogen-bond acceptors (Lipinski definition) is 4. The van der Waals surface area contributed by atoms with Gasteiger partial charge in [-0.1, -0.05) is 0 Å². The van der Waals surface area contributed by atoms with E-state index in [4.69, 9.17) is 4.74 Å². The highest BCUT2D eigenvalue weighted by Crippen LogP contribution is 2.37. The Morgan fingerprint density at radius 2 is 2.22 bits per heavy atom. The molecule has 2 heterocycles. The van der Waals surface area contributed by atoms with Crippen LogP contribution >= 0.6 is 0 Å². The van der Waals surface area contributed by atoms with Crippen LogP contribution in [-0.4, -0.2) is 54.5 Å². The van der Waals surface area contributed by atoms with Crippen LogP contribution in [0.4, 0.5) is 4.79 Å². The SMILES string of the molecule is CCOC(=O)N1C2CCC1/C(=C\N(C)C)C(=O)C2. The maximum absolute atomic E-state index is 12.0. The number of hydrogen-bond donors (Lipinski definition) is 0. The van der Waals surface area contributed by atoms with Crippen molar-refractivity contribution in [1.82, 2.24) is 9.80 Å². The summed E-state index contributed by atoms with van der Waals surface area (Å²) in [5, 5.41) is 0. The second-order valence-corrected chi connectivity index (χ2v) is 5.03. The maximum Gasteiger partial charge on any atom is 0.410 e. The van der Waals surface area contributed by atoms with Gasteiger partial charge < -0.3 is 9.64 Å². The first kappa shape index (κ1) is 12.9. The van der Waals surface area contributed by atoms with Crippen molar-refractivity contribution >= 4 is 11.9 Å². The number of carbonyl (C=O) groups excluding carboxylic acids is 2. The van der Waals surface area contributed by atoms with Gasteiger partial charge in [-0.25, -0.2) is 4.79 Å². The Balaban J connectivity index is 2.25. The lowest BCUT2D eigenvalue weighted by Gasteiger charge is -2.35. The van der Waals surface area contributed by atoms with E-state index < -0.39 is 0 Å². The van der Waals surface area contributed by atoms with Crippen LogP contribution in [0.15, 0.2) is 11.8 Å². The lowest BCUT2D eigenvalue weighted by atomic mass is 9.96.